The summed E-state index contributed by atoms with van der Waals surface area (Å²) in [4.78, 5) is 1.53. The first-order valence-electron chi connectivity index (χ1n) is 5.91. The molecule has 1 heterocycles. The van der Waals surface area contributed by atoms with Crippen LogP contribution in [0.1, 0.15) is 30.6 Å². The molecule has 0 N–H and O–H groups in total. The Balaban J connectivity index is 1.82. The van der Waals surface area contributed by atoms with Gasteiger partial charge in [-0.1, -0.05) is 12.5 Å². The van der Waals surface area contributed by atoms with Crippen molar-refractivity contribution in [3.63, 3.8) is 0 Å². The zero-order valence-corrected chi connectivity index (χ0v) is 10.5. The van der Waals surface area contributed by atoms with E-state index in [1.54, 1.807) is 0 Å². The largest absolute Gasteiger partial charge is 0.149 e. The molecular formula is C13H17ClS. The van der Waals surface area contributed by atoms with Gasteiger partial charge in [0.1, 0.15) is 0 Å². The van der Waals surface area contributed by atoms with Crippen LogP contribution in [0.5, 0.6) is 0 Å². The zero-order valence-electron chi connectivity index (χ0n) is 8.92. The molecule has 2 aliphatic carbocycles. The highest BCUT2D eigenvalue weighted by Gasteiger charge is 2.50. The fourth-order valence-electron chi connectivity index (χ4n) is 3.75. The molecule has 3 rings (SSSR count). The van der Waals surface area contributed by atoms with Gasteiger partial charge >= 0.3 is 0 Å². The van der Waals surface area contributed by atoms with E-state index < -0.39 is 0 Å². The number of hydrogen-bond donors (Lipinski definition) is 0. The monoisotopic (exact) mass is 240 g/mol. The van der Waals surface area contributed by atoms with Crippen molar-refractivity contribution in [2.75, 3.05) is 5.88 Å². The van der Waals surface area contributed by atoms with Gasteiger partial charge in [0.25, 0.3) is 0 Å². The summed E-state index contributed by atoms with van der Waals surface area (Å²) in [6.45, 7) is 0. The van der Waals surface area contributed by atoms with Crippen molar-refractivity contribution in [1.29, 1.82) is 0 Å². The van der Waals surface area contributed by atoms with Crippen LogP contribution in [-0.2, 0) is 6.42 Å². The molecule has 0 radical (unpaired) electrons. The highest BCUT2D eigenvalue weighted by Crippen LogP contribution is 2.57. The Morgan fingerprint density at radius 1 is 1.47 bits per heavy atom. The average Bonchev–Trinajstić information content (AvgIpc) is 2.93. The summed E-state index contributed by atoms with van der Waals surface area (Å²) in [5, 5.41) is 2.18. The molecule has 0 spiro atoms. The van der Waals surface area contributed by atoms with Crippen LogP contribution >= 0.6 is 22.9 Å². The lowest BCUT2D eigenvalue weighted by atomic mass is 9.72. The average molecular weight is 241 g/mol. The van der Waals surface area contributed by atoms with Crippen molar-refractivity contribution in [2.24, 2.45) is 17.3 Å². The van der Waals surface area contributed by atoms with Crippen molar-refractivity contribution in [1.82, 2.24) is 0 Å². The molecule has 0 amide bonds. The van der Waals surface area contributed by atoms with Gasteiger partial charge in [0.05, 0.1) is 0 Å². The van der Waals surface area contributed by atoms with E-state index in [1.165, 1.54) is 37.0 Å². The summed E-state index contributed by atoms with van der Waals surface area (Å²) in [7, 11) is 0. The SMILES string of the molecule is ClCC1(Cc2cccs2)CC2CCC1C2. The molecule has 3 atom stereocenters. The van der Waals surface area contributed by atoms with E-state index in [-0.39, 0.29) is 0 Å². The number of alkyl halides is 1. The molecule has 3 unspecified atom stereocenters. The van der Waals surface area contributed by atoms with E-state index in [0.717, 1.165) is 17.7 Å². The van der Waals surface area contributed by atoms with Crippen LogP contribution in [0.25, 0.3) is 0 Å². The topological polar surface area (TPSA) is 0 Å². The third-order valence-corrected chi connectivity index (χ3v) is 5.88. The van der Waals surface area contributed by atoms with Gasteiger partial charge in [0.2, 0.25) is 0 Å². The first kappa shape index (κ1) is 10.2. The van der Waals surface area contributed by atoms with E-state index in [2.05, 4.69) is 17.5 Å². The van der Waals surface area contributed by atoms with Gasteiger partial charge in [-0.3, -0.25) is 0 Å². The molecule has 2 bridgehead atoms. The molecule has 2 saturated carbocycles. The smallest absolute Gasteiger partial charge is 0.0286 e. The van der Waals surface area contributed by atoms with Crippen molar-refractivity contribution >= 4 is 22.9 Å². The third kappa shape index (κ3) is 1.64. The lowest BCUT2D eigenvalue weighted by Crippen LogP contribution is -2.31. The maximum absolute atomic E-state index is 6.28. The van der Waals surface area contributed by atoms with Crippen LogP contribution in [0.2, 0.25) is 0 Å². The molecule has 2 fully saturated rings. The summed E-state index contributed by atoms with van der Waals surface area (Å²) in [5.41, 5.74) is 0.454. The van der Waals surface area contributed by atoms with Crippen LogP contribution in [0, 0.1) is 17.3 Å². The number of rotatable bonds is 3. The standard InChI is InChI=1S/C13H17ClS/c14-9-13(8-12-2-1-5-15-12)7-10-3-4-11(13)6-10/h1-2,5,10-11H,3-4,6-9H2. The van der Waals surface area contributed by atoms with Crippen LogP contribution in [0.3, 0.4) is 0 Å². The van der Waals surface area contributed by atoms with E-state index in [0.29, 0.717) is 5.41 Å². The van der Waals surface area contributed by atoms with Gasteiger partial charge in [-0.25, -0.2) is 0 Å². The van der Waals surface area contributed by atoms with Gasteiger partial charge in [-0.05, 0) is 54.4 Å². The van der Waals surface area contributed by atoms with Gasteiger partial charge < -0.3 is 0 Å². The van der Waals surface area contributed by atoms with E-state index in [1.807, 2.05) is 11.3 Å². The normalized spacial score (nSPS) is 38.7. The molecule has 0 nitrogen and oxygen atoms in total. The molecule has 0 saturated heterocycles. The maximum Gasteiger partial charge on any atom is 0.0286 e. The molecule has 15 heavy (non-hydrogen) atoms. The Hall–Kier alpha value is -0.0100. The fourth-order valence-corrected chi connectivity index (χ4v) is 5.03. The first-order valence-corrected chi connectivity index (χ1v) is 7.32. The number of fused-ring (bicyclic) bond motifs is 2. The molecule has 2 aliphatic rings. The summed E-state index contributed by atoms with van der Waals surface area (Å²) in [6.07, 6.45) is 6.98. The second-order valence-corrected chi connectivity index (χ2v) is 6.63. The second kappa shape index (κ2) is 3.78. The number of hydrogen-bond acceptors (Lipinski definition) is 1. The number of halogens is 1. The first-order chi connectivity index (χ1) is 7.32. The summed E-state index contributed by atoms with van der Waals surface area (Å²) in [5.74, 6) is 2.78. The van der Waals surface area contributed by atoms with Gasteiger partial charge in [0, 0.05) is 10.8 Å². The molecule has 0 aromatic carbocycles. The summed E-state index contributed by atoms with van der Waals surface area (Å²) < 4.78 is 0. The summed E-state index contributed by atoms with van der Waals surface area (Å²) in [6, 6.07) is 4.43. The van der Waals surface area contributed by atoms with Crippen LogP contribution in [0.4, 0.5) is 0 Å². The summed E-state index contributed by atoms with van der Waals surface area (Å²) >= 11 is 8.17. The Labute approximate surface area is 101 Å². The highest BCUT2D eigenvalue weighted by atomic mass is 35.5. The van der Waals surface area contributed by atoms with Gasteiger partial charge in [0.15, 0.2) is 0 Å². The Morgan fingerprint density at radius 3 is 2.93 bits per heavy atom. The van der Waals surface area contributed by atoms with Crippen molar-refractivity contribution < 1.29 is 0 Å². The zero-order chi connectivity index (χ0) is 10.3. The second-order valence-electron chi connectivity index (χ2n) is 5.33. The molecule has 2 heteroatoms. The lowest BCUT2D eigenvalue weighted by molar-refractivity contribution is 0.194. The van der Waals surface area contributed by atoms with Crippen molar-refractivity contribution in [3.05, 3.63) is 22.4 Å². The minimum atomic E-state index is 0.454. The maximum atomic E-state index is 6.28. The van der Waals surface area contributed by atoms with Crippen molar-refractivity contribution in [3.8, 4) is 0 Å². The third-order valence-electron chi connectivity index (χ3n) is 4.47. The molecule has 1 aromatic rings. The van der Waals surface area contributed by atoms with Crippen molar-refractivity contribution in [2.45, 2.75) is 32.1 Å². The Kier molecular flexibility index (Phi) is 2.56. The fraction of sp³-hybridized carbons (Fsp3) is 0.692. The highest BCUT2D eigenvalue weighted by molar-refractivity contribution is 7.09. The predicted molar refractivity (Wildman–Crippen MR) is 66.6 cm³/mol. The van der Waals surface area contributed by atoms with Crippen LogP contribution < -0.4 is 0 Å². The van der Waals surface area contributed by atoms with E-state index in [9.17, 15) is 0 Å². The molecular weight excluding hydrogens is 224 g/mol. The van der Waals surface area contributed by atoms with E-state index in [4.69, 9.17) is 11.6 Å². The molecule has 0 aliphatic heterocycles. The Morgan fingerprint density at radius 2 is 2.40 bits per heavy atom. The minimum Gasteiger partial charge on any atom is -0.149 e. The van der Waals surface area contributed by atoms with E-state index >= 15 is 0 Å². The lowest BCUT2D eigenvalue weighted by Gasteiger charge is -2.35. The van der Waals surface area contributed by atoms with Crippen LogP contribution in [-0.4, -0.2) is 5.88 Å². The Bertz CT molecular complexity index is 332. The molecule has 82 valence electrons. The van der Waals surface area contributed by atoms with Gasteiger partial charge in [-0.2, -0.15) is 0 Å². The quantitative estimate of drug-likeness (QED) is 0.690. The number of thiophene rings is 1. The minimum absolute atomic E-state index is 0.454. The van der Waals surface area contributed by atoms with Gasteiger partial charge in [-0.15, -0.1) is 22.9 Å². The van der Waals surface area contributed by atoms with Crippen LogP contribution in [0.15, 0.2) is 17.5 Å². The predicted octanol–water partition coefficient (Wildman–Crippen LogP) is 4.34. The molecule has 1 aromatic heterocycles.